The molecule has 1 aromatic heterocycles. The van der Waals surface area contributed by atoms with E-state index >= 15 is 0 Å². The predicted octanol–water partition coefficient (Wildman–Crippen LogP) is 2.51. The highest BCUT2D eigenvalue weighted by Gasteiger charge is 2.25. The molecular weight excluding hydrogens is 266 g/mol. The van der Waals surface area contributed by atoms with Crippen LogP contribution in [0.5, 0.6) is 0 Å². The summed E-state index contributed by atoms with van der Waals surface area (Å²) in [6.45, 7) is 5.80. The molecule has 2 rings (SSSR count). The summed E-state index contributed by atoms with van der Waals surface area (Å²) in [7, 11) is 0. The molecule has 0 saturated carbocycles. The summed E-state index contributed by atoms with van der Waals surface area (Å²) in [6.07, 6.45) is 7.02. The lowest BCUT2D eigenvalue weighted by atomic mass is 9.99. The van der Waals surface area contributed by atoms with E-state index in [2.05, 4.69) is 23.1 Å². The second-order valence-electron chi connectivity index (χ2n) is 5.76. The quantitative estimate of drug-likeness (QED) is 0.874. The molecule has 2 N–H and O–H groups in total. The summed E-state index contributed by atoms with van der Waals surface area (Å²) in [6, 6.07) is 1.83. The fourth-order valence-electron chi connectivity index (χ4n) is 2.83. The fourth-order valence-corrected chi connectivity index (χ4v) is 2.83. The number of carbonyl (C=O) groups is 1. The number of hydrogen-bond donors (Lipinski definition) is 1. The SMILES string of the molecule is CCCC[C@@H](C(N)=O)N1CCC(=Cc2cc(C)on2)CC1. The molecule has 1 atom stereocenters. The zero-order valence-electron chi connectivity index (χ0n) is 13.0. The maximum atomic E-state index is 11.6. The van der Waals surface area contributed by atoms with Crippen molar-refractivity contribution in [3.63, 3.8) is 0 Å². The van der Waals surface area contributed by atoms with Crippen LogP contribution in [0.4, 0.5) is 0 Å². The Labute approximate surface area is 126 Å². The summed E-state index contributed by atoms with van der Waals surface area (Å²) in [5.74, 6) is 0.635. The molecule has 0 aliphatic carbocycles. The standard InChI is InChI=1S/C16H25N3O2/c1-3-4-5-15(16(17)20)19-8-6-13(7-9-19)11-14-10-12(2)21-18-14/h10-11,15H,3-9H2,1-2H3,(H2,17,20)/t15-/m0/s1. The van der Waals surface area contributed by atoms with E-state index in [1.165, 1.54) is 5.57 Å². The zero-order chi connectivity index (χ0) is 15.2. The smallest absolute Gasteiger partial charge is 0.234 e. The number of piperidine rings is 1. The largest absolute Gasteiger partial charge is 0.368 e. The highest BCUT2D eigenvalue weighted by atomic mass is 16.5. The first-order chi connectivity index (χ1) is 10.1. The monoisotopic (exact) mass is 291 g/mol. The van der Waals surface area contributed by atoms with Gasteiger partial charge in [-0.1, -0.05) is 30.5 Å². The van der Waals surface area contributed by atoms with Crippen molar-refractivity contribution in [2.24, 2.45) is 5.73 Å². The van der Waals surface area contributed by atoms with Gasteiger partial charge in [-0.25, -0.2) is 0 Å². The molecule has 1 aromatic rings. The summed E-state index contributed by atoms with van der Waals surface area (Å²) in [5.41, 5.74) is 7.79. The molecule has 21 heavy (non-hydrogen) atoms. The second kappa shape index (κ2) is 7.41. The predicted molar refractivity (Wildman–Crippen MR) is 82.5 cm³/mol. The van der Waals surface area contributed by atoms with Gasteiger partial charge in [0.15, 0.2) is 0 Å². The molecule has 1 saturated heterocycles. The van der Waals surface area contributed by atoms with Gasteiger partial charge in [0, 0.05) is 19.2 Å². The number of hydrogen-bond acceptors (Lipinski definition) is 4. The van der Waals surface area contributed by atoms with Gasteiger partial charge in [0.05, 0.1) is 6.04 Å². The Balaban J connectivity index is 1.92. The topological polar surface area (TPSA) is 72.4 Å². The van der Waals surface area contributed by atoms with Crippen molar-refractivity contribution in [2.75, 3.05) is 13.1 Å². The lowest BCUT2D eigenvalue weighted by Gasteiger charge is -2.33. The molecule has 2 heterocycles. The minimum atomic E-state index is -0.192. The Morgan fingerprint density at radius 1 is 1.52 bits per heavy atom. The van der Waals surface area contributed by atoms with Crippen LogP contribution in [0, 0.1) is 6.92 Å². The number of rotatable bonds is 6. The van der Waals surface area contributed by atoms with Crippen molar-refractivity contribution < 1.29 is 9.32 Å². The molecule has 5 nitrogen and oxygen atoms in total. The van der Waals surface area contributed by atoms with Crippen molar-refractivity contribution in [1.82, 2.24) is 10.1 Å². The second-order valence-corrected chi connectivity index (χ2v) is 5.76. The van der Waals surface area contributed by atoms with Crippen LogP contribution in [0.25, 0.3) is 6.08 Å². The Kier molecular flexibility index (Phi) is 5.56. The van der Waals surface area contributed by atoms with Crippen molar-refractivity contribution in [3.05, 3.63) is 23.1 Å². The molecule has 0 aromatic carbocycles. The first kappa shape index (κ1) is 15.8. The minimum absolute atomic E-state index is 0.110. The number of nitrogens with two attached hydrogens (primary N) is 1. The van der Waals surface area contributed by atoms with Crippen molar-refractivity contribution in [2.45, 2.75) is 52.0 Å². The number of aromatic nitrogens is 1. The number of likely N-dealkylation sites (tertiary alicyclic amines) is 1. The third kappa shape index (κ3) is 4.43. The van der Waals surface area contributed by atoms with E-state index in [1.807, 2.05) is 13.0 Å². The van der Waals surface area contributed by atoms with Gasteiger partial charge in [-0.15, -0.1) is 0 Å². The number of carbonyl (C=O) groups excluding carboxylic acids is 1. The van der Waals surface area contributed by atoms with Crippen LogP contribution in [0.3, 0.4) is 0 Å². The molecule has 0 radical (unpaired) electrons. The van der Waals surface area contributed by atoms with Crippen molar-refractivity contribution in [1.29, 1.82) is 0 Å². The average molecular weight is 291 g/mol. The van der Waals surface area contributed by atoms with Crippen molar-refractivity contribution in [3.8, 4) is 0 Å². The Morgan fingerprint density at radius 2 is 2.24 bits per heavy atom. The minimum Gasteiger partial charge on any atom is -0.368 e. The van der Waals surface area contributed by atoms with Gasteiger partial charge < -0.3 is 10.3 Å². The average Bonchev–Trinajstić information content (AvgIpc) is 2.86. The lowest BCUT2D eigenvalue weighted by Crippen LogP contribution is -2.47. The van der Waals surface area contributed by atoms with Gasteiger partial charge in [0.25, 0.3) is 0 Å². The maximum Gasteiger partial charge on any atom is 0.234 e. The summed E-state index contributed by atoms with van der Waals surface area (Å²) < 4.78 is 5.07. The van der Waals surface area contributed by atoms with Crippen LogP contribution in [0.15, 0.2) is 16.2 Å². The fraction of sp³-hybridized carbons (Fsp3) is 0.625. The maximum absolute atomic E-state index is 11.6. The van der Waals surface area contributed by atoms with Crippen LogP contribution in [-0.2, 0) is 4.79 Å². The number of nitrogens with zero attached hydrogens (tertiary/aromatic N) is 2. The first-order valence-corrected chi connectivity index (χ1v) is 7.76. The van der Waals surface area contributed by atoms with E-state index in [1.54, 1.807) is 0 Å². The van der Waals surface area contributed by atoms with E-state index in [9.17, 15) is 4.79 Å². The molecule has 1 fully saturated rings. The third-order valence-electron chi connectivity index (χ3n) is 4.04. The third-order valence-corrected chi connectivity index (χ3v) is 4.04. The molecule has 0 unspecified atom stereocenters. The summed E-state index contributed by atoms with van der Waals surface area (Å²) in [4.78, 5) is 13.8. The number of unbranched alkanes of at least 4 members (excludes halogenated alkanes) is 1. The Bertz CT molecular complexity index is 497. The van der Waals surface area contributed by atoms with Gasteiger partial charge in [-0.2, -0.15) is 0 Å². The highest BCUT2D eigenvalue weighted by molar-refractivity contribution is 5.79. The number of amides is 1. The number of aryl methyl sites for hydroxylation is 1. The van der Waals surface area contributed by atoms with Gasteiger partial charge >= 0.3 is 0 Å². The Morgan fingerprint density at radius 3 is 2.76 bits per heavy atom. The van der Waals surface area contributed by atoms with Crippen LogP contribution >= 0.6 is 0 Å². The molecular formula is C16H25N3O2. The highest BCUT2D eigenvalue weighted by Crippen LogP contribution is 2.22. The van der Waals surface area contributed by atoms with Gasteiger partial charge in [-0.3, -0.25) is 9.69 Å². The van der Waals surface area contributed by atoms with Gasteiger partial charge in [-0.05, 0) is 32.3 Å². The van der Waals surface area contributed by atoms with E-state index in [0.29, 0.717) is 0 Å². The molecule has 1 aliphatic heterocycles. The normalized spacial score (nSPS) is 17.7. The van der Waals surface area contributed by atoms with E-state index < -0.39 is 0 Å². The van der Waals surface area contributed by atoms with Gasteiger partial charge in [0.1, 0.15) is 11.5 Å². The van der Waals surface area contributed by atoms with Crippen LogP contribution in [0.1, 0.15) is 50.5 Å². The molecule has 1 aliphatic rings. The van der Waals surface area contributed by atoms with Gasteiger partial charge in [0.2, 0.25) is 5.91 Å². The first-order valence-electron chi connectivity index (χ1n) is 7.76. The molecule has 0 spiro atoms. The van der Waals surface area contributed by atoms with E-state index in [0.717, 1.165) is 56.6 Å². The van der Waals surface area contributed by atoms with E-state index in [4.69, 9.17) is 10.3 Å². The zero-order valence-corrected chi connectivity index (χ0v) is 13.0. The summed E-state index contributed by atoms with van der Waals surface area (Å²) in [5, 5.41) is 3.99. The molecule has 5 heteroatoms. The molecule has 0 bridgehead atoms. The van der Waals surface area contributed by atoms with E-state index in [-0.39, 0.29) is 11.9 Å². The molecule has 116 valence electrons. The lowest BCUT2D eigenvalue weighted by molar-refractivity contribution is -0.123. The van der Waals surface area contributed by atoms with Crippen LogP contribution in [0.2, 0.25) is 0 Å². The summed E-state index contributed by atoms with van der Waals surface area (Å²) >= 11 is 0. The van der Waals surface area contributed by atoms with Crippen molar-refractivity contribution >= 4 is 12.0 Å². The Hall–Kier alpha value is -1.62. The number of primary amides is 1. The molecule has 1 amide bonds. The van der Waals surface area contributed by atoms with Crippen LogP contribution in [-0.4, -0.2) is 35.1 Å². The van der Waals surface area contributed by atoms with Crippen LogP contribution < -0.4 is 5.73 Å².